The van der Waals surface area contributed by atoms with Crippen molar-refractivity contribution in [3.05, 3.63) is 51.5 Å². The molecule has 0 unspecified atom stereocenters. The van der Waals surface area contributed by atoms with E-state index in [9.17, 15) is 14.4 Å². The molecule has 0 aliphatic rings. The third kappa shape index (κ3) is 5.50. The second-order valence-electron chi connectivity index (χ2n) is 5.96. The lowest BCUT2D eigenvalue weighted by molar-refractivity contribution is 0.0593. The fourth-order valence-electron chi connectivity index (χ4n) is 2.48. The van der Waals surface area contributed by atoms with Crippen LogP contribution in [0.4, 0.5) is 0 Å². The molecule has 0 aromatic heterocycles. The van der Waals surface area contributed by atoms with Gasteiger partial charge in [0, 0.05) is 0 Å². The quantitative estimate of drug-likeness (QED) is 0.412. The zero-order chi connectivity index (χ0) is 22.3. The highest BCUT2D eigenvalue weighted by atomic mass is 79.9. The van der Waals surface area contributed by atoms with Crippen molar-refractivity contribution in [3.63, 3.8) is 0 Å². The minimum Gasteiger partial charge on any atom is -0.493 e. The van der Waals surface area contributed by atoms with E-state index >= 15 is 0 Å². The number of hydrogen-bond donors (Lipinski definition) is 0. The van der Waals surface area contributed by atoms with Crippen LogP contribution < -0.4 is 14.2 Å². The summed E-state index contributed by atoms with van der Waals surface area (Å²) in [6.45, 7) is 2.45. The van der Waals surface area contributed by atoms with Crippen LogP contribution in [0.25, 0.3) is 0 Å². The van der Waals surface area contributed by atoms with Crippen LogP contribution in [0, 0.1) is 0 Å². The van der Waals surface area contributed by atoms with E-state index in [-0.39, 0.29) is 22.4 Å². The fraction of sp³-hybridized carbons (Fsp3) is 0.286. The summed E-state index contributed by atoms with van der Waals surface area (Å²) < 4.78 is 26.2. The Hall–Kier alpha value is -3.07. The number of esters is 3. The van der Waals surface area contributed by atoms with Crippen molar-refractivity contribution >= 4 is 33.8 Å². The number of halogens is 1. The van der Waals surface area contributed by atoms with Gasteiger partial charge in [-0.15, -0.1) is 0 Å². The van der Waals surface area contributed by atoms with Gasteiger partial charge in [-0.05, 0) is 52.7 Å². The minimum atomic E-state index is -0.728. The largest absolute Gasteiger partial charge is 0.493 e. The van der Waals surface area contributed by atoms with Gasteiger partial charge in [0.2, 0.25) is 0 Å². The molecular formula is C21H21BrO8. The first kappa shape index (κ1) is 23.2. The number of hydrogen-bond acceptors (Lipinski definition) is 8. The molecule has 0 bridgehead atoms. The van der Waals surface area contributed by atoms with Gasteiger partial charge >= 0.3 is 17.9 Å². The molecule has 0 heterocycles. The van der Waals surface area contributed by atoms with E-state index in [1.807, 2.05) is 6.92 Å². The van der Waals surface area contributed by atoms with Crippen molar-refractivity contribution in [2.45, 2.75) is 13.3 Å². The highest BCUT2D eigenvalue weighted by Crippen LogP contribution is 2.37. The Bertz CT molecular complexity index is 920. The number of benzene rings is 2. The second kappa shape index (κ2) is 10.6. The molecule has 9 heteroatoms. The first-order valence-electron chi connectivity index (χ1n) is 8.88. The van der Waals surface area contributed by atoms with Gasteiger partial charge in [0.05, 0.1) is 49.1 Å². The highest BCUT2D eigenvalue weighted by molar-refractivity contribution is 9.10. The molecule has 160 valence electrons. The third-order valence-electron chi connectivity index (χ3n) is 3.87. The highest BCUT2D eigenvalue weighted by Gasteiger charge is 2.20. The van der Waals surface area contributed by atoms with E-state index in [2.05, 4.69) is 25.4 Å². The molecule has 0 saturated carbocycles. The molecule has 0 amide bonds. The molecular weight excluding hydrogens is 460 g/mol. The van der Waals surface area contributed by atoms with Crippen LogP contribution in [0.2, 0.25) is 0 Å². The Morgan fingerprint density at radius 3 is 1.90 bits per heavy atom. The normalized spacial score (nSPS) is 10.2. The van der Waals surface area contributed by atoms with E-state index in [1.165, 1.54) is 51.7 Å². The Kier molecular flexibility index (Phi) is 8.23. The lowest BCUT2D eigenvalue weighted by Crippen LogP contribution is -2.12. The SMILES string of the molecule is CCCOc1c(Br)cc(C(=O)Oc2cc(C(=O)OC)cc(C(=O)OC)c2)cc1OC. The maximum Gasteiger partial charge on any atom is 0.343 e. The fourth-order valence-corrected chi connectivity index (χ4v) is 3.03. The van der Waals surface area contributed by atoms with E-state index in [4.69, 9.17) is 14.2 Å². The molecule has 0 atom stereocenters. The summed E-state index contributed by atoms with van der Waals surface area (Å²) in [5.41, 5.74) is 0.237. The number of rotatable bonds is 8. The standard InChI is InChI=1S/C21H21BrO8/c1-5-6-29-18-16(22)10-14(11-17(18)26-2)21(25)30-15-8-12(19(23)27-3)7-13(9-15)20(24)28-4/h7-11H,5-6H2,1-4H3. The first-order valence-corrected chi connectivity index (χ1v) is 9.68. The molecule has 2 rings (SSSR count). The topological polar surface area (TPSA) is 97.4 Å². The summed E-state index contributed by atoms with van der Waals surface area (Å²) in [6.07, 6.45) is 0.804. The molecule has 0 aliphatic carbocycles. The molecule has 8 nitrogen and oxygen atoms in total. The van der Waals surface area contributed by atoms with Crippen LogP contribution >= 0.6 is 15.9 Å². The molecule has 0 aliphatic heterocycles. The zero-order valence-electron chi connectivity index (χ0n) is 16.9. The number of carbonyl (C=O) groups excluding carboxylic acids is 3. The van der Waals surface area contributed by atoms with Crippen molar-refractivity contribution in [3.8, 4) is 17.2 Å². The van der Waals surface area contributed by atoms with Crippen LogP contribution in [0.1, 0.15) is 44.4 Å². The smallest absolute Gasteiger partial charge is 0.343 e. The van der Waals surface area contributed by atoms with Gasteiger partial charge in [-0.2, -0.15) is 0 Å². The number of carbonyl (C=O) groups is 3. The first-order chi connectivity index (χ1) is 14.3. The minimum absolute atomic E-state index is 0.0234. The summed E-state index contributed by atoms with van der Waals surface area (Å²) in [6, 6.07) is 6.88. The van der Waals surface area contributed by atoms with Crippen LogP contribution in [-0.2, 0) is 9.47 Å². The van der Waals surface area contributed by atoms with Gasteiger partial charge in [0.1, 0.15) is 5.75 Å². The predicted octanol–water partition coefficient (Wildman–Crippen LogP) is 4.04. The molecule has 0 spiro atoms. The molecule has 30 heavy (non-hydrogen) atoms. The lowest BCUT2D eigenvalue weighted by atomic mass is 10.1. The van der Waals surface area contributed by atoms with Crippen LogP contribution in [0.3, 0.4) is 0 Å². The lowest BCUT2D eigenvalue weighted by Gasteiger charge is -2.14. The Balaban J connectivity index is 2.38. The van der Waals surface area contributed by atoms with Gasteiger partial charge in [-0.25, -0.2) is 14.4 Å². The summed E-state index contributed by atoms with van der Waals surface area (Å²) in [5.74, 6) is -1.32. The Labute approximate surface area is 182 Å². The van der Waals surface area contributed by atoms with Crippen molar-refractivity contribution in [1.82, 2.24) is 0 Å². The summed E-state index contributed by atoms with van der Waals surface area (Å²) in [5, 5.41) is 0. The monoisotopic (exact) mass is 480 g/mol. The molecule has 2 aromatic rings. The Morgan fingerprint density at radius 2 is 1.40 bits per heavy atom. The second-order valence-corrected chi connectivity index (χ2v) is 6.81. The molecule has 0 fully saturated rings. The van der Waals surface area contributed by atoms with Gasteiger partial charge in [-0.1, -0.05) is 6.92 Å². The van der Waals surface area contributed by atoms with Crippen molar-refractivity contribution in [2.24, 2.45) is 0 Å². The third-order valence-corrected chi connectivity index (χ3v) is 4.46. The Morgan fingerprint density at radius 1 is 0.833 bits per heavy atom. The van der Waals surface area contributed by atoms with E-state index < -0.39 is 17.9 Å². The van der Waals surface area contributed by atoms with Crippen molar-refractivity contribution < 1.29 is 38.1 Å². The number of methoxy groups -OCH3 is 3. The predicted molar refractivity (Wildman–Crippen MR) is 111 cm³/mol. The maximum absolute atomic E-state index is 12.7. The van der Waals surface area contributed by atoms with Gasteiger partial charge in [0.15, 0.2) is 11.5 Å². The van der Waals surface area contributed by atoms with Crippen LogP contribution in [-0.4, -0.2) is 45.8 Å². The van der Waals surface area contributed by atoms with Crippen molar-refractivity contribution in [1.29, 1.82) is 0 Å². The number of ether oxygens (including phenoxy) is 5. The van der Waals surface area contributed by atoms with E-state index in [0.29, 0.717) is 22.6 Å². The van der Waals surface area contributed by atoms with Crippen molar-refractivity contribution in [2.75, 3.05) is 27.9 Å². The summed E-state index contributed by atoms with van der Waals surface area (Å²) >= 11 is 3.37. The molecule has 2 aromatic carbocycles. The van der Waals surface area contributed by atoms with Gasteiger partial charge in [0.25, 0.3) is 0 Å². The van der Waals surface area contributed by atoms with Crippen LogP contribution in [0.5, 0.6) is 17.2 Å². The summed E-state index contributed by atoms with van der Waals surface area (Å²) in [4.78, 5) is 36.5. The zero-order valence-corrected chi connectivity index (χ0v) is 18.5. The molecule has 0 radical (unpaired) electrons. The molecule has 0 N–H and O–H groups in total. The van der Waals surface area contributed by atoms with Gasteiger partial charge < -0.3 is 23.7 Å². The maximum atomic E-state index is 12.7. The average molecular weight is 481 g/mol. The van der Waals surface area contributed by atoms with E-state index in [0.717, 1.165) is 6.42 Å². The summed E-state index contributed by atoms with van der Waals surface area (Å²) in [7, 11) is 3.85. The van der Waals surface area contributed by atoms with Crippen LogP contribution in [0.15, 0.2) is 34.8 Å². The molecule has 0 saturated heterocycles. The van der Waals surface area contributed by atoms with Gasteiger partial charge in [-0.3, -0.25) is 0 Å². The average Bonchev–Trinajstić information content (AvgIpc) is 2.76. The van der Waals surface area contributed by atoms with E-state index in [1.54, 1.807) is 0 Å².